The van der Waals surface area contributed by atoms with Crippen LogP contribution in [0.5, 0.6) is 0 Å². The Kier molecular flexibility index (Phi) is 3.06. The van der Waals surface area contributed by atoms with Gasteiger partial charge < -0.3 is 4.74 Å². The van der Waals surface area contributed by atoms with E-state index < -0.39 is 0 Å². The van der Waals surface area contributed by atoms with E-state index in [4.69, 9.17) is 17.0 Å². The molecular weight excluding hydrogens is 156 g/mol. The second-order valence-electron chi connectivity index (χ2n) is 4.75. The van der Waals surface area contributed by atoms with E-state index in [1.807, 2.05) is 20.8 Å². The molecule has 0 bridgehead atoms. The van der Waals surface area contributed by atoms with Crippen molar-refractivity contribution in [2.24, 2.45) is 5.41 Å². The first-order valence-electron chi connectivity index (χ1n) is 3.86. The van der Waals surface area contributed by atoms with E-state index in [2.05, 4.69) is 20.8 Å². The molecule has 2 heteroatoms. The highest BCUT2D eigenvalue weighted by Gasteiger charge is 2.23. The maximum Gasteiger partial charge on any atom is 0.165 e. The predicted octanol–water partition coefficient (Wildman–Crippen LogP) is 3.18. The lowest BCUT2D eigenvalue weighted by molar-refractivity contribution is 0.105. The van der Waals surface area contributed by atoms with Crippen molar-refractivity contribution in [3.05, 3.63) is 0 Å². The van der Waals surface area contributed by atoms with E-state index >= 15 is 0 Å². The molecule has 0 aliphatic carbocycles. The third-order valence-electron chi connectivity index (χ3n) is 1.01. The van der Waals surface area contributed by atoms with Gasteiger partial charge in [-0.3, -0.25) is 0 Å². The average Bonchev–Trinajstić information content (AvgIpc) is 1.56. The molecule has 0 atom stereocenters. The quantitative estimate of drug-likeness (QED) is 0.522. The molecule has 0 aliphatic heterocycles. The molecule has 0 spiro atoms. The van der Waals surface area contributed by atoms with Gasteiger partial charge in [0, 0.05) is 5.41 Å². The van der Waals surface area contributed by atoms with Gasteiger partial charge in [0.15, 0.2) is 5.05 Å². The van der Waals surface area contributed by atoms with Crippen LogP contribution in [0.3, 0.4) is 0 Å². The van der Waals surface area contributed by atoms with Gasteiger partial charge in [0.1, 0.15) is 5.60 Å². The Morgan fingerprint density at radius 3 is 1.45 bits per heavy atom. The SMILES string of the molecule is CC(C)(C)OC(=S)C(C)(C)C. The number of thiocarbonyl (C=S) groups is 1. The Labute approximate surface area is 75.1 Å². The van der Waals surface area contributed by atoms with Crippen LogP contribution in [0.2, 0.25) is 0 Å². The molecule has 1 nitrogen and oxygen atoms in total. The van der Waals surface area contributed by atoms with E-state index in [0.29, 0.717) is 5.05 Å². The molecule has 0 amide bonds. The molecule has 0 fully saturated rings. The number of rotatable bonds is 0. The summed E-state index contributed by atoms with van der Waals surface area (Å²) in [4.78, 5) is 0. The standard InChI is InChI=1S/C9H18OS/c1-8(2,3)7(11)10-9(4,5)6/h1-6H3. The Morgan fingerprint density at radius 1 is 1.00 bits per heavy atom. The zero-order valence-electron chi connectivity index (χ0n) is 8.32. The van der Waals surface area contributed by atoms with Crippen LogP contribution in [0.1, 0.15) is 41.5 Å². The smallest absolute Gasteiger partial charge is 0.165 e. The lowest BCUT2D eigenvalue weighted by Crippen LogP contribution is -2.30. The molecule has 0 aromatic heterocycles. The molecule has 0 aliphatic rings. The molecule has 0 saturated carbocycles. The van der Waals surface area contributed by atoms with Crippen molar-refractivity contribution in [1.82, 2.24) is 0 Å². The molecule has 0 N–H and O–H groups in total. The van der Waals surface area contributed by atoms with Crippen molar-refractivity contribution >= 4 is 17.3 Å². The zero-order chi connectivity index (χ0) is 9.28. The summed E-state index contributed by atoms with van der Waals surface area (Å²) in [6, 6.07) is 0. The number of ether oxygens (including phenoxy) is 1. The lowest BCUT2D eigenvalue weighted by Gasteiger charge is -2.28. The number of hydrogen-bond acceptors (Lipinski definition) is 2. The van der Waals surface area contributed by atoms with Gasteiger partial charge in [0.2, 0.25) is 0 Å². The molecular formula is C9H18OS. The Morgan fingerprint density at radius 2 is 1.36 bits per heavy atom. The van der Waals surface area contributed by atoms with E-state index in [9.17, 15) is 0 Å². The molecule has 11 heavy (non-hydrogen) atoms. The first-order chi connectivity index (χ1) is 4.63. The second kappa shape index (κ2) is 3.10. The largest absolute Gasteiger partial charge is 0.481 e. The first-order valence-corrected chi connectivity index (χ1v) is 4.27. The maximum absolute atomic E-state index is 5.53. The Hall–Kier alpha value is -0.110. The topological polar surface area (TPSA) is 9.23 Å². The van der Waals surface area contributed by atoms with Crippen molar-refractivity contribution in [3.63, 3.8) is 0 Å². The number of hydrogen-bond donors (Lipinski definition) is 0. The second-order valence-corrected chi connectivity index (χ2v) is 5.12. The summed E-state index contributed by atoms with van der Waals surface area (Å²) < 4.78 is 5.53. The fourth-order valence-electron chi connectivity index (χ4n) is 0.431. The van der Waals surface area contributed by atoms with Crippen LogP contribution < -0.4 is 0 Å². The summed E-state index contributed by atoms with van der Waals surface area (Å²) in [7, 11) is 0. The average molecular weight is 174 g/mol. The van der Waals surface area contributed by atoms with Crippen LogP contribution >= 0.6 is 12.2 Å². The van der Waals surface area contributed by atoms with Crippen molar-refractivity contribution in [1.29, 1.82) is 0 Å². The summed E-state index contributed by atoms with van der Waals surface area (Å²) in [5, 5.41) is 0.685. The predicted molar refractivity (Wildman–Crippen MR) is 52.9 cm³/mol. The van der Waals surface area contributed by atoms with E-state index in [0.717, 1.165) is 0 Å². The van der Waals surface area contributed by atoms with Crippen LogP contribution in [-0.4, -0.2) is 10.7 Å². The molecule has 0 radical (unpaired) electrons. The summed E-state index contributed by atoms with van der Waals surface area (Å²) in [5.74, 6) is 0. The van der Waals surface area contributed by atoms with E-state index in [1.54, 1.807) is 0 Å². The van der Waals surface area contributed by atoms with Crippen molar-refractivity contribution in [2.45, 2.75) is 47.1 Å². The minimum atomic E-state index is -0.162. The van der Waals surface area contributed by atoms with Crippen LogP contribution in [0.4, 0.5) is 0 Å². The zero-order valence-corrected chi connectivity index (χ0v) is 9.13. The minimum Gasteiger partial charge on any atom is -0.481 e. The summed E-state index contributed by atoms with van der Waals surface area (Å²) >= 11 is 5.12. The lowest BCUT2D eigenvalue weighted by atomic mass is 9.98. The summed E-state index contributed by atoms with van der Waals surface area (Å²) in [6.45, 7) is 12.2. The first kappa shape index (κ1) is 10.9. The molecule has 0 saturated heterocycles. The van der Waals surface area contributed by atoms with Gasteiger partial charge in [-0.1, -0.05) is 20.8 Å². The van der Waals surface area contributed by atoms with Gasteiger partial charge >= 0.3 is 0 Å². The van der Waals surface area contributed by atoms with Crippen molar-refractivity contribution in [3.8, 4) is 0 Å². The highest BCUT2D eigenvalue weighted by Crippen LogP contribution is 2.21. The fourth-order valence-corrected chi connectivity index (χ4v) is 0.681. The molecule has 0 rings (SSSR count). The molecule has 0 aromatic rings. The minimum absolute atomic E-state index is 0.0252. The van der Waals surface area contributed by atoms with Crippen LogP contribution in [-0.2, 0) is 4.74 Å². The molecule has 0 unspecified atom stereocenters. The van der Waals surface area contributed by atoms with E-state index in [-0.39, 0.29) is 11.0 Å². The van der Waals surface area contributed by atoms with Crippen LogP contribution in [0.25, 0.3) is 0 Å². The molecule has 0 heterocycles. The van der Waals surface area contributed by atoms with Gasteiger partial charge in [-0.15, -0.1) is 0 Å². The third kappa shape index (κ3) is 5.19. The van der Waals surface area contributed by atoms with Gasteiger partial charge in [-0.25, -0.2) is 0 Å². The normalized spacial score (nSPS) is 12.9. The van der Waals surface area contributed by atoms with Gasteiger partial charge in [0.05, 0.1) is 0 Å². The van der Waals surface area contributed by atoms with Gasteiger partial charge in [-0.2, -0.15) is 0 Å². The van der Waals surface area contributed by atoms with Crippen LogP contribution in [0.15, 0.2) is 0 Å². The molecule has 66 valence electrons. The Balaban J connectivity index is 4.11. The fraction of sp³-hybridized carbons (Fsp3) is 0.889. The summed E-state index contributed by atoms with van der Waals surface area (Å²) in [5.41, 5.74) is -0.188. The highest BCUT2D eigenvalue weighted by atomic mass is 32.1. The highest BCUT2D eigenvalue weighted by molar-refractivity contribution is 7.80. The molecule has 0 aromatic carbocycles. The van der Waals surface area contributed by atoms with Crippen molar-refractivity contribution in [2.75, 3.05) is 0 Å². The van der Waals surface area contributed by atoms with Gasteiger partial charge in [-0.05, 0) is 33.0 Å². The van der Waals surface area contributed by atoms with Gasteiger partial charge in [0.25, 0.3) is 0 Å². The Bertz CT molecular complexity index is 148. The van der Waals surface area contributed by atoms with Crippen LogP contribution in [0, 0.1) is 5.41 Å². The maximum atomic E-state index is 5.53. The summed E-state index contributed by atoms with van der Waals surface area (Å²) in [6.07, 6.45) is 0. The van der Waals surface area contributed by atoms with Crippen molar-refractivity contribution < 1.29 is 4.74 Å². The van der Waals surface area contributed by atoms with E-state index in [1.165, 1.54) is 0 Å². The third-order valence-corrected chi connectivity index (χ3v) is 1.71. The monoisotopic (exact) mass is 174 g/mol.